The number of nitrogens with one attached hydrogen (secondary N) is 2. The molecule has 33 heavy (non-hydrogen) atoms. The highest BCUT2D eigenvalue weighted by Gasteiger charge is 2.29. The third kappa shape index (κ3) is 5.00. The minimum absolute atomic E-state index is 0.00608. The second-order valence-electron chi connectivity index (χ2n) is 8.06. The summed E-state index contributed by atoms with van der Waals surface area (Å²) in [5.74, 6) is -2.90. The summed E-state index contributed by atoms with van der Waals surface area (Å²) < 4.78 is 47.0. The van der Waals surface area contributed by atoms with Gasteiger partial charge in [-0.15, -0.1) is 0 Å². The van der Waals surface area contributed by atoms with Crippen LogP contribution in [0, 0.1) is 23.4 Å². The van der Waals surface area contributed by atoms with Gasteiger partial charge in [0.25, 0.3) is 5.56 Å². The van der Waals surface area contributed by atoms with Crippen molar-refractivity contribution in [2.75, 3.05) is 13.2 Å². The Bertz CT molecular complexity index is 1300. The molecule has 1 saturated heterocycles. The molecule has 0 spiro atoms. The summed E-state index contributed by atoms with van der Waals surface area (Å²) in [6.07, 6.45) is 1.46. The number of carbonyl (C=O) groups is 1. The predicted molar refractivity (Wildman–Crippen MR) is 114 cm³/mol. The highest BCUT2D eigenvalue weighted by Crippen LogP contribution is 2.25. The van der Waals surface area contributed by atoms with Gasteiger partial charge in [0.2, 0.25) is 5.91 Å². The fourth-order valence-electron chi connectivity index (χ4n) is 4.08. The summed E-state index contributed by atoms with van der Waals surface area (Å²) in [7, 11) is 0. The first-order valence-electron chi connectivity index (χ1n) is 10.6. The van der Waals surface area contributed by atoms with Gasteiger partial charge in [-0.3, -0.25) is 9.59 Å². The molecule has 1 atom stereocenters. The average Bonchev–Trinajstić information content (AvgIpc) is 2.79. The summed E-state index contributed by atoms with van der Waals surface area (Å²) in [4.78, 5) is 41.6. The summed E-state index contributed by atoms with van der Waals surface area (Å²) in [6.45, 7) is 0.728. The van der Waals surface area contributed by atoms with Gasteiger partial charge >= 0.3 is 5.69 Å². The van der Waals surface area contributed by atoms with Crippen LogP contribution in [0.4, 0.5) is 13.2 Å². The minimum Gasteiger partial charge on any atom is -0.381 e. The van der Waals surface area contributed by atoms with E-state index in [1.54, 1.807) is 0 Å². The van der Waals surface area contributed by atoms with Crippen LogP contribution < -0.4 is 16.6 Å². The van der Waals surface area contributed by atoms with Crippen LogP contribution >= 0.6 is 0 Å². The smallest absolute Gasteiger partial charge is 0.329 e. The maximum absolute atomic E-state index is 14.0. The molecule has 3 aromatic rings. The third-order valence-corrected chi connectivity index (χ3v) is 5.87. The predicted octanol–water partition coefficient (Wildman–Crippen LogP) is 2.78. The number of aromatic amines is 1. The van der Waals surface area contributed by atoms with E-state index in [-0.39, 0.29) is 35.3 Å². The van der Waals surface area contributed by atoms with Crippen LogP contribution in [0.15, 0.2) is 46.0 Å². The van der Waals surface area contributed by atoms with Gasteiger partial charge in [-0.1, -0.05) is 6.07 Å². The van der Waals surface area contributed by atoms with Gasteiger partial charge in [-0.25, -0.2) is 22.5 Å². The molecule has 1 unspecified atom stereocenters. The molecule has 1 amide bonds. The molecule has 2 aromatic carbocycles. The number of fused-ring (bicyclic) bond motifs is 1. The molecule has 2 heterocycles. The van der Waals surface area contributed by atoms with E-state index in [2.05, 4.69) is 10.3 Å². The van der Waals surface area contributed by atoms with Crippen molar-refractivity contribution in [3.63, 3.8) is 0 Å². The lowest BCUT2D eigenvalue weighted by Crippen LogP contribution is -2.45. The number of ether oxygens (including phenoxy) is 1. The normalized spacial score (nSPS) is 15.5. The monoisotopic (exact) mass is 461 g/mol. The Kier molecular flexibility index (Phi) is 6.64. The molecule has 0 radical (unpaired) electrons. The number of halogens is 3. The topological polar surface area (TPSA) is 93.2 Å². The summed E-state index contributed by atoms with van der Waals surface area (Å²) in [5, 5.41) is 2.48. The van der Waals surface area contributed by atoms with Gasteiger partial charge in [-0.2, -0.15) is 0 Å². The molecule has 1 aliphatic heterocycles. The van der Waals surface area contributed by atoms with Crippen LogP contribution in [0.2, 0.25) is 0 Å². The molecule has 0 aliphatic carbocycles. The summed E-state index contributed by atoms with van der Waals surface area (Å²) in [6, 6.07) is 5.16. The van der Waals surface area contributed by atoms with Gasteiger partial charge in [0.05, 0.1) is 10.9 Å². The molecule has 2 N–H and O–H groups in total. The molecular weight excluding hydrogens is 439 g/mol. The fourth-order valence-corrected chi connectivity index (χ4v) is 4.08. The van der Waals surface area contributed by atoms with Crippen molar-refractivity contribution in [3.8, 4) is 0 Å². The Morgan fingerprint density at radius 2 is 1.79 bits per heavy atom. The fraction of sp³-hybridized carbons (Fsp3) is 0.348. The molecule has 10 heteroatoms. The number of H-pyrrole nitrogens is 1. The van der Waals surface area contributed by atoms with E-state index in [4.69, 9.17) is 4.74 Å². The zero-order valence-electron chi connectivity index (χ0n) is 17.6. The molecule has 4 rings (SSSR count). The second kappa shape index (κ2) is 9.62. The van der Waals surface area contributed by atoms with E-state index in [1.807, 2.05) is 0 Å². The van der Waals surface area contributed by atoms with Crippen LogP contribution in [0.3, 0.4) is 0 Å². The second-order valence-corrected chi connectivity index (χ2v) is 8.06. The number of rotatable bonds is 6. The van der Waals surface area contributed by atoms with Crippen LogP contribution in [-0.2, 0) is 16.1 Å². The zero-order valence-corrected chi connectivity index (χ0v) is 17.6. The number of nitrogens with zero attached hydrogens (tertiary/aromatic N) is 1. The van der Waals surface area contributed by atoms with E-state index in [9.17, 15) is 27.6 Å². The van der Waals surface area contributed by atoms with Crippen molar-refractivity contribution < 1.29 is 22.7 Å². The molecule has 1 aromatic heterocycles. The van der Waals surface area contributed by atoms with E-state index in [0.29, 0.717) is 32.1 Å². The van der Waals surface area contributed by atoms with Crippen LogP contribution in [0.1, 0.15) is 30.9 Å². The Balaban J connectivity index is 1.69. The molecule has 0 bridgehead atoms. The van der Waals surface area contributed by atoms with E-state index >= 15 is 0 Å². The van der Waals surface area contributed by atoms with Gasteiger partial charge in [0.15, 0.2) is 0 Å². The quantitative estimate of drug-likeness (QED) is 0.591. The summed E-state index contributed by atoms with van der Waals surface area (Å²) >= 11 is 0. The standard InChI is InChI=1S/C23H22F3N3O4/c24-15-3-4-19-17(10-15)22(31)29(23(32)28-19)20(9-13-5-7-33-8-6-13)21(30)27-12-14-1-2-16(25)11-18(14)26/h1-4,10-11,13,20H,5-9,12H2,(H,27,30)(H,28,32). The van der Waals surface area contributed by atoms with E-state index < -0.39 is 40.6 Å². The number of benzene rings is 2. The van der Waals surface area contributed by atoms with Crippen molar-refractivity contribution in [1.29, 1.82) is 0 Å². The highest BCUT2D eigenvalue weighted by atomic mass is 19.1. The first kappa shape index (κ1) is 22.8. The van der Waals surface area contributed by atoms with Crippen LogP contribution in [0.5, 0.6) is 0 Å². The molecule has 1 fully saturated rings. The third-order valence-electron chi connectivity index (χ3n) is 5.87. The molecule has 174 valence electrons. The van der Waals surface area contributed by atoms with Crippen molar-refractivity contribution in [1.82, 2.24) is 14.9 Å². The molecule has 1 aliphatic rings. The Hall–Kier alpha value is -3.40. The maximum Gasteiger partial charge on any atom is 0.329 e. The van der Waals surface area contributed by atoms with Crippen molar-refractivity contribution >= 4 is 16.8 Å². The number of aromatic nitrogens is 2. The lowest BCUT2D eigenvalue weighted by atomic mass is 9.92. The van der Waals surface area contributed by atoms with Crippen LogP contribution in [-0.4, -0.2) is 28.7 Å². The average molecular weight is 461 g/mol. The lowest BCUT2D eigenvalue weighted by molar-refractivity contribution is -0.125. The van der Waals surface area contributed by atoms with Gasteiger partial charge in [0, 0.05) is 31.4 Å². The first-order valence-corrected chi connectivity index (χ1v) is 10.6. The minimum atomic E-state index is -1.21. The van der Waals surface area contributed by atoms with Gasteiger partial charge in [0.1, 0.15) is 23.5 Å². The van der Waals surface area contributed by atoms with Gasteiger partial charge in [-0.05, 0) is 49.4 Å². The Morgan fingerprint density at radius 1 is 1.09 bits per heavy atom. The number of amides is 1. The summed E-state index contributed by atoms with van der Waals surface area (Å²) in [5.41, 5.74) is -1.40. The zero-order chi connectivity index (χ0) is 23.5. The maximum atomic E-state index is 14.0. The van der Waals surface area contributed by atoms with Crippen LogP contribution in [0.25, 0.3) is 10.9 Å². The molecular formula is C23H22F3N3O4. The van der Waals surface area contributed by atoms with Gasteiger partial charge < -0.3 is 15.0 Å². The number of hydrogen-bond donors (Lipinski definition) is 2. The lowest BCUT2D eigenvalue weighted by Gasteiger charge is -2.27. The first-order chi connectivity index (χ1) is 15.8. The SMILES string of the molecule is O=C(NCc1ccc(F)cc1F)C(CC1CCOCC1)n1c(=O)[nH]c2ccc(F)cc2c1=O. The molecule has 0 saturated carbocycles. The molecule has 7 nitrogen and oxygen atoms in total. The van der Waals surface area contributed by atoms with E-state index in [0.717, 1.165) is 22.8 Å². The Labute approximate surface area is 186 Å². The van der Waals surface area contributed by atoms with Crippen molar-refractivity contribution in [2.45, 2.75) is 31.8 Å². The number of hydrogen-bond acceptors (Lipinski definition) is 4. The number of carbonyl (C=O) groups excluding carboxylic acids is 1. The largest absolute Gasteiger partial charge is 0.381 e. The van der Waals surface area contributed by atoms with E-state index in [1.165, 1.54) is 12.1 Å². The van der Waals surface area contributed by atoms with Crippen molar-refractivity contribution in [3.05, 3.63) is 80.3 Å². The van der Waals surface area contributed by atoms with Crippen molar-refractivity contribution in [2.24, 2.45) is 5.92 Å². The highest BCUT2D eigenvalue weighted by molar-refractivity contribution is 5.81. The Morgan fingerprint density at radius 3 is 2.52 bits per heavy atom.